The second kappa shape index (κ2) is 5.03. The lowest BCUT2D eigenvalue weighted by molar-refractivity contribution is -0.387. The van der Waals surface area contributed by atoms with Gasteiger partial charge in [-0.2, -0.15) is 9.65 Å². The van der Waals surface area contributed by atoms with Gasteiger partial charge in [-0.05, 0) is 19.1 Å². The van der Waals surface area contributed by atoms with Crippen molar-refractivity contribution in [3.8, 4) is 6.07 Å². The van der Waals surface area contributed by atoms with E-state index in [0.717, 1.165) is 12.1 Å². The van der Waals surface area contributed by atoms with E-state index in [1.165, 1.54) is 6.07 Å². The number of nitro groups is 1. The molecule has 0 aromatic heterocycles. The van der Waals surface area contributed by atoms with Crippen LogP contribution in [0.4, 0.5) is 10.1 Å². The lowest BCUT2D eigenvalue weighted by atomic mass is 10.1. The first-order chi connectivity index (χ1) is 8.02. The molecule has 1 rings (SSSR count). The zero-order valence-electron chi connectivity index (χ0n) is 8.77. The van der Waals surface area contributed by atoms with Gasteiger partial charge < -0.3 is 4.74 Å². The molecule has 0 saturated carbocycles. The normalized spacial score (nSPS) is 9.47. The molecule has 0 fully saturated rings. The molecule has 0 atom stereocenters. The summed E-state index contributed by atoms with van der Waals surface area (Å²) in [7, 11) is 0. The highest BCUT2D eigenvalue weighted by atomic mass is 19.1. The van der Waals surface area contributed by atoms with Gasteiger partial charge in [0.1, 0.15) is 11.6 Å². The predicted molar refractivity (Wildman–Crippen MR) is 53.7 cm³/mol. The van der Waals surface area contributed by atoms with Crippen LogP contribution >= 0.6 is 0 Å². The Kier molecular flexibility index (Phi) is 3.72. The number of carbonyl (C=O) groups excluding carboxylic acids is 1. The van der Waals surface area contributed by atoms with Crippen LogP contribution in [0.15, 0.2) is 12.1 Å². The summed E-state index contributed by atoms with van der Waals surface area (Å²) in [6.45, 7) is 1.59. The summed E-state index contributed by atoms with van der Waals surface area (Å²) in [5, 5.41) is 19.4. The number of nitriles is 1. The minimum atomic E-state index is -1.17. The van der Waals surface area contributed by atoms with Crippen molar-refractivity contribution in [2.75, 3.05) is 6.61 Å². The van der Waals surface area contributed by atoms with E-state index in [0.29, 0.717) is 0 Å². The number of hydrogen-bond acceptors (Lipinski definition) is 5. The maximum absolute atomic E-state index is 13.2. The molecule has 6 nitrogen and oxygen atoms in total. The summed E-state index contributed by atoms with van der Waals surface area (Å²) in [5.41, 5.74) is -1.96. The zero-order chi connectivity index (χ0) is 13.0. The molecule has 7 heteroatoms. The predicted octanol–water partition coefficient (Wildman–Crippen LogP) is 1.78. The number of benzene rings is 1. The van der Waals surface area contributed by atoms with E-state index in [-0.39, 0.29) is 12.2 Å². The Morgan fingerprint density at radius 1 is 1.65 bits per heavy atom. The Morgan fingerprint density at radius 2 is 2.29 bits per heavy atom. The van der Waals surface area contributed by atoms with E-state index in [2.05, 4.69) is 4.74 Å². The molecule has 0 radical (unpaired) electrons. The van der Waals surface area contributed by atoms with E-state index >= 15 is 0 Å². The standard InChI is InChI=1S/C10H7FN2O4/c1-2-17-10(14)6-3-4-8(11)9(13(15)16)7(6)5-12/h3-4H,2H2,1H3. The number of carbonyl (C=O) groups is 1. The maximum atomic E-state index is 13.2. The molecule has 0 bridgehead atoms. The fraction of sp³-hybridized carbons (Fsp3) is 0.200. The summed E-state index contributed by atoms with van der Waals surface area (Å²) in [4.78, 5) is 20.9. The SMILES string of the molecule is CCOC(=O)c1ccc(F)c([N+](=O)[O-])c1C#N. The lowest BCUT2D eigenvalue weighted by Gasteiger charge is -2.04. The van der Waals surface area contributed by atoms with Crippen molar-refractivity contribution < 1.29 is 18.8 Å². The van der Waals surface area contributed by atoms with Gasteiger partial charge in [0.05, 0.1) is 17.1 Å². The molecule has 17 heavy (non-hydrogen) atoms. The highest BCUT2D eigenvalue weighted by Crippen LogP contribution is 2.25. The summed E-state index contributed by atoms with van der Waals surface area (Å²) < 4.78 is 17.8. The van der Waals surface area contributed by atoms with Gasteiger partial charge in [0.15, 0.2) is 0 Å². The molecule has 0 N–H and O–H groups in total. The Morgan fingerprint density at radius 3 is 2.76 bits per heavy atom. The fourth-order valence-corrected chi connectivity index (χ4v) is 1.24. The number of nitrogens with zero attached hydrogens (tertiary/aromatic N) is 2. The van der Waals surface area contributed by atoms with Crippen molar-refractivity contribution in [2.45, 2.75) is 6.92 Å². The minimum Gasteiger partial charge on any atom is -0.462 e. The molecular formula is C10H7FN2O4. The average Bonchev–Trinajstić information content (AvgIpc) is 2.27. The van der Waals surface area contributed by atoms with Crippen LogP contribution < -0.4 is 0 Å². The van der Waals surface area contributed by atoms with Gasteiger partial charge in [-0.3, -0.25) is 10.1 Å². The van der Waals surface area contributed by atoms with Crippen LogP contribution in [-0.2, 0) is 4.74 Å². The number of hydrogen-bond donors (Lipinski definition) is 0. The van der Waals surface area contributed by atoms with Gasteiger partial charge >= 0.3 is 11.7 Å². The van der Waals surface area contributed by atoms with Crippen molar-refractivity contribution in [2.24, 2.45) is 0 Å². The first-order valence-electron chi connectivity index (χ1n) is 4.57. The van der Waals surface area contributed by atoms with E-state index in [9.17, 15) is 19.3 Å². The van der Waals surface area contributed by atoms with Crippen molar-refractivity contribution in [1.82, 2.24) is 0 Å². The molecule has 0 aliphatic heterocycles. The van der Waals surface area contributed by atoms with Crippen molar-refractivity contribution in [3.05, 3.63) is 39.2 Å². The van der Waals surface area contributed by atoms with Crippen molar-refractivity contribution in [1.29, 1.82) is 5.26 Å². The van der Waals surface area contributed by atoms with Gasteiger partial charge in [-0.1, -0.05) is 0 Å². The minimum absolute atomic E-state index is 0.0505. The number of esters is 1. The third kappa shape index (κ3) is 2.36. The molecule has 88 valence electrons. The Balaban J connectivity index is 3.45. The van der Waals surface area contributed by atoms with Gasteiger partial charge in [-0.25, -0.2) is 4.79 Å². The topological polar surface area (TPSA) is 93.2 Å². The number of rotatable bonds is 3. The van der Waals surface area contributed by atoms with Crippen LogP contribution in [-0.4, -0.2) is 17.5 Å². The molecule has 0 spiro atoms. The number of halogens is 1. The molecule has 0 saturated heterocycles. The van der Waals surface area contributed by atoms with Gasteiger partial charge in [0.2, 0.25) is 5.82 Å². The Hall–Kier alpha value is -2.49. The molecule has 0 aliphatic carbocycles. The molecule has 0 amide bonds. The quantitative estimate of drug-likeness (QED) is 0.454. The van der Waals surface area contributed by atoms with Crippen LogP contribution in [0.3, 0.4) is 0 Å². The molecule has 0 aliphatic rings. The van der Waals surface area contributed by atoms with Crippen LogP contribution in [0.5, 0.6) is 0 Å². The average molecular weight is 238 g/mol. The maximum Gasteiger partial charge on any atom is 0.339 e. The second-order valence-electron chi connectivity index (χ2n) is 2.91. The monoisotopic (exact) mass is 238 g/mol. The van der Waals surface area contributed by atoms with Crippen LogP contribution in [0.25, 0.3) is 0 Å². The van der Waals surface area contributed by atoms with E-state index < -0.39 is 28.0 Å². The number of nitro benzene ring substituents is 1. The summed E-state index contributed by atoms with van der Waals surface area (Å²) >= 11 is 0. The van der Waals surface area contributed by atoms with E-state index in [1.54, 1.807) is 6.92 Å². The van der Waals surface area contributed by atoms with Gasteiger partial charge in [0, 0.05) is 0 Å². The third-order valence-corrected chi connectivity index (χ3v) is 1.92. The van der Waals surface area contributed by atoms with Crippen LogP contribution in [0.2, 0.25) is 0 Å². The van der Waals surface area contributed by atoms with E-state index in [4.69, 9.17) is 5.26 Å². The smallest absolute Gasteiger partial charge is 0.339 e. The molecule has 0 heterocycles. The van der Waals surface area contributed by atoms with Crippen LogP contribution in [0.1, 0.15) is 22.8 Å². The highest BCUT2D eigenvalue weighted by Gasteiger charge is 2.27. The highest BCUT2D eigenvalue weighted by molar-refractivity contribution is 5.93. The third-order valence-electron chi connectivity index (χ3n) is 1.92. The largest absolute Gasteiger partial charge is 0.462 e. The van der Waals surface area contributed by atoms with Gasteiger partial charge in [0.25, 0.3) is 0 Å². The van der Waals surface area contributed by atoms with Crippen molar-refractivity contribution >= 4 is 11.7 Å². The molecule has 1 aromatic rings. The summed E-state index contributed by atoms with van der Waals surface area (Å²) in [6.07, 6.45) is 0. The first kappa shape index (κ1) is 12.6. The first-order valence-corrected chi connectivity index (χ1v) is 4.57. The Labute approximate surface area is 95.4 Å². The zero-order valence-corrected chi connectivity index (χ0v) is 8.77. The molecule has 1 aromatic carbocycles. The van der Waals surface area contributed by atoms with Gasteiger partial charge in [-0.15, -0.1) is 0 Å². The lowest BCUT2D eigenvalue weighted by Crippen LogP contribution is -2.09. The Bertz CT molecular complexity index is 522. The summed E-state index contributed by atoms with van der Waals surface area (Å²) in [5.74, 6) is -2.06. The van der Waals surface area contributed by atoms with Crippen molar-refractivity contribution in [3.63, 3.8) is 0 Å². The second-order valence-corrected chi connectivity index (χ2v) is 2.91. The fourth-order valence-electron chi connectivity index (χ4n) is 1.24. The number of ether oxygens (including phenoxy) is 1. The summed E-state index contributed by atoms with van der Waals surface area (Å²) in [6, 6.07) is 3.18. The van der Waals surface area contributed by atoms with E-state index in [1.807, 2.05) is 0 Å². The molecule has 0 unspecified atom stereocenters. The van der Waals surface area contributed by atoms with Crippen LogP contribution in [0, 0.1) is 27.3 Å². The molecular weight excluding hydrogens is 231 g/mol.